The van der Waals surface area contributed by atoms with Crippen molar-refractivity contribution in [2.45, 2.75) is 45.1 Å². The van der Waals surface area contributed by atoms with E-state index >= 15 is 0 Å². The lowest BCUT2D eigenvalue weighted by molar-refractivity contribution is -0.139. The van der Waals surface area contributed by atoms with Crippen LogP contribution in [-0.4, -0.2) is 29.7 Å². The van der Waals surface area contributed by atoms with Gasteiger partial charge in [-0.05, 0) is 24.8 Å². The lowest BCUT2D eigenvalue weighted by atomic mass is 10.1. The monoisotopic (exact) mass is 292 g/mol. The van der Waals surface area contributed by atoms with E-state index in [0.29, 0.717) is 19.4 Å². The Bertz CT molecular complexity index is 434. The van der Waals surface area contributed by atoms with Gasteiger partial charge in [0.15, 0.2) is 0 Å². The minimum atomic E-state index is -1.00. The molecule has 116 valence electrons. The molecule has 1 rings (SSSR count). The van der Waals surface area contributed by atoms with Gasteiger partial charge in [-0.2, -0.15) is 0 Å². The maximum atomic E-state index is 11.6. The number of aliphatic carboxylic acids is 1. The number of benzene rings is 1. The number of amides is 2. The minimum absolute atomic E-state index is 0.377. The Morgan fingerprint density at radius 2 is 1.90 bits per heavy atom. The summed E-state index contributed by atoms with van der Waals surface area (Å²) in [6.45, 7) is 2.66. The molecule has 0 aliphatic rings. The van der Waals surface area contributed by atoms with Crippen LogP contribution in [0.2, 0.25) is 0 Å². The lowest BCUT2D eigenvalue weighted by Gasteiger charge is -2.15. The van der Waals surface area contributed by atoms with Crippen molar-refractivity contribution in [3.05, 3.63) is 35.9 Å². The van der Waals surface area contributed by atoms with Gasteiger partial charge < -0.3 is 15.7 Å². The van der Waals surface area contributed by atoms with Crippen molar-refractivity contribution in [3.8, 4) is 0 Å². The Hall–Kier alpha value is -2.04. The predicted molar refractivity (Wildman–Crippen MR) is 82.2 cm³/mol. The number of aryl methyl sites for hydroxylation is 1. The molecule has 0 bridgehead atoms. The Labute approximate surface area is 125 Å². The molecule has 0 spiro atoms. The van der Waals surface area contributed by atoms with Gasteiger partial charge in [-0.3, -0.25) is 0 Å². The van der Waals surface area contributed by atoms with E-state index in [1.807, 2.05) is 30.3 Å². The van der Waals surface area contributed by atoms with Crippen LogP contribution in [0.1, 0.15) is 38.2 Å². The van der Waals surface area contributed by atoms with Crippen molar-refractivity contribution in [3.63, 3.8) is 0 Å². The van der Waals surface area contributed by atoms with Gasteiger partial charge in [0.2, 0.25) is 0 Å². The third-order valence-electron chi connectivity index (χ3n) is 3.23. The highest BCUT2D eigenvalue weighted by atomic mass is 16.4. The molecule has 0 saturated carbocycles. The van der Waals surface area contributed by atoms with Crippen LogP contribution >= 0.6 is 0 Å². The summed E-state index contributed by atoms with van der Waals surface area (Å²) < 4.78 is 0. The summed E-state index contributed by atoms with van der Waals surface area (Å²) in [4.78, 5) is 22.8. The van der Waals surface area contributed by atoms with Crippen molar-refractivity contribution >= 4 is 12.0 Å². The molecule has 5 heteroatoms. The maximum Gasteiger partial charge on any atom is 0.326 e. The maximum absolute atomic E-state index is 11.6. The molecule has 2 amide bonds. The van der Waals surface area contributed by atoms with E-state index in [4.69, 9.17) is 5.11 Å². The second kappa shape index (κ2) is 9.80. The minimum Gasteiger partial charge on any atom is -0.480 e. The SMILES string of the molecule is CCCCCNC(=O)N[C@@H](CCc1ccccc1)C(=O)O. The highest BCUT2D eigenvalue weighted by Crippen LogP contribution is 2.05. The molecular formula is C16H24N2O3. The molecule has 0 aliphatic carbocycles. The zero-order valence-electron chi connectivity index (χ0n) is 12.5. The standard InChI is InChI=1S/C16H24N2O3/c1-2-3-7-12-17-16(21)18-14(15(19)20)11-10-13-8-5-4-6-9-13/h4-6,8-9,14H,2-3,7,10-12H2,1H3,(H,19,20)(H2,17,18,21)/t14-/m0/s1. The van der Waals surface area contributed by atoms with Crippen LogP contribution in [0, 0.1) is 0 Å². The zero-order chi connectivity index (χ0) is 15.5. The Kier molecular flexibility index (Phi) is 7.94. The topological polar surface area (TPSA) is 78.4 Å². The fraction of sp³-hybridized carbons (Fsp3) is 0.500. The Morgan fingerprint density at radius 3 is 2.52 bits per heavy atom. The Morgan fingerprint density at radius 1 is 1.19 bits per heavy atom. The second-order valence-corrected chi connectivity index (χ2v) is 5.02. The van der Waals surface area contributed by atoms with Crippen LogP contribution < -0.4 is 10.6 Å². The van der Waals surface area contributed by atoms with Crippen LogP contribution in [0.4, 0.5) is 4.79 Å². The molecule has 0 saturated heterocycles. The molecule has 0 radical (unpaired) electrons. The third-order valence-corrected chi connectivity index (χ3v) is 3.23. The highest BCUT2D eigenvalue weighted by molar-refractivity contribution is 5.82. The highest BCUT2D eigenvalue weighted by Gasteiger charge is 2.19. The first-order valence-corrected chi connectivity index (χ1v) is 7.44. The first-order chi connectivity index (χ1) is 10.1. The van der Waals surface area contributed by atoms with Gasteiger partial charge in [0.25, 0.3) is 0 Å². The number of urea groups is 1. The van der Waals surface area contributed by atoms with Crippen LogP contribution in [0.3, 0.4) is 0 Å². The number of carbonyl (C=O) groups excluding carboxylic acids is 1. The third kappa shape index (κ3) is 7.34. The zero-order valence-corrected chi connectivity index (χ0v) is 12.5. The quantitative estimate of drug-likeness (QED) is 0.612. The van der Waals surface area contributed by atoms with Gasteiger partial charge >= 0.3 is 12.0 Å². The van der Waals surface area contributed by atoms with Crippen LogP contribution in [0.15, 0.2) is 30.3 Å². The fourth-order valence-corrected chi connectivity index (χ4v) is 2.00. The van der Waals surface area contributed by atoms with E-state index < -0.39 is 18.0 Å². The molecule has 0 heterocycles. The molecular weight excluding hydrogens is 268 g/mol. The number of unbranched alkanes of at least 4 members (excludes halogenated alkanes) is 2. The molecule has 1 aromatic carbocycles. The largest absolute Gasteiger partial charge is 0.480 e. The first kappa shape index (κ1) is 17.0. The van der Waals surface area contributed by atoms with Crippen molar-refractivity contribution in [1.29, 1.82) is 0 Å². The summed E-state index contributed by atoms with van der Waals surface area (Å²) in [5, 5.41) is 14.4. The summed E-state index contributed by atoms with van der Waals surface area (Å²) in [5.41, 5.74) is 1.06. The average Bonchev–Trinajstić information content (AvgIpc) is 2.48. The fourth-order valence-electron chi connectivity index (χ4n) is 2.00. The van der Waals surface area contributed by atoms with Crippen LogP contribution in [0.25, 0.3) is 0 Å². The summed E-state index contributed by atoms with van der Waals surface area (Å²) in [5.74, 6) is -1.00. The van der Waals surface area contributed by atoms with Crippen molar-refractivity contribution in [2.24, 2.45) is 0 Å². The van der Waals surface area contributed by atoms with E-state index in [1.54, 1.807) is 0 Å². The van der Waals surface area contributed by atoms with Crippen LogP contribution in [0.5, 0.6) is 0 Å². The van der Waals surface area contributed by atoms with Crippen molar-refractivity contribution < 1.29 is 14.7 Å². The van der Waals surface area contributed by atoms with Gasteiger partial charge in [0.1, 0.15) is 6.04 Å². The van der Waals surface area contributed by atoms with Gasteiger partial charge in [0.05, 0.1) is 0 Å². The van der Waals surface area contributed by atoms with Gasteiger partial charge in [-0.1, -0.05) is 50.1 Å². The molecule has 5 nitrogen and oxygen atoms in total. The van der Waals surface area contributed by atoms with E-state index in [2.05, 4.69) is 17.6 Å². The molecule has 0 fully saturated rings. The number of carboxylic acids is 1. The number of nitrogens with one attached hydrogen (secondary N) is 2. The van der Waals surface area contributed by atoms with Crippen molar-refractivity contribution in [2.75, 3.05) is 6.54 Å². The molecule has 0 aliphatic heterocycles. The molecule has 3 N–H and O–H groups in total. The summed E-state index contributed by atoms with van der Waals surface area (Å²) in [6, 6.07) is 8.37. The van der Waals surface area contributed by atoms with E-state index in [0.717, 1.165) is 24.8 Å². The van der Waals surface area contributed by atoms with Crippen molar-refractivity contribution in [1.82, 2.24) is 10.6 Å². The first-order valence-electron chi connectivity index (χ1n) is 7.44. The summed E-state index contributed by atoms with van der Waals surface area (Å²) in [7, 11) is 0. The summed E-state index contributed by atoms with van der Waals surface area (Å²) >= 11 is 0. The van der Waals surface area contributed by atoms with Gasteiger partial charge in [-0.15, -0.1) is 0 Å². The Balaban J connectivity index is 2.35. The smallest absolute Gasteiger partial charge is 0.326 e. The number of hydrogen-bond donors (Lipinski definition) is 3. The van der Waals surface area contributed by atoms with E-state index in [9.17, 15) is 9.59 Å². The van der Waals surface area contributed by atoms with E-state index in [1.165, 1.54) is 0 Å². The normalized spacial score (nSPS) is 11.7. The molecule has 0 aromatic heterocycles. The number of rotatable bonds is 9. The molecule has 1 atom stereocenters. The lowest BCUT2D eigenvalue weighted by Crippen LogP contribution is -2.46. The molecule has 0 unspecified atom stereocenters. The molecule has 1 aromatic rings. The molecule has 21 heavy (non-hydrogen) atoms. The van der Waals surface area contributed by atoms with Crippen LogP contribution in [-0.2, 0) is 11.2 Å². The number of hydrogen-bond acceptors (Lipinski definition) is 2. The number of carbonyl (C=O) groups is 2. The van der Waals surface area contributed by atoms with Gasteiger partial charge in [-0.25, -0.2) is 9.59 Å². The number of carboxylic acid groups (broad SMARTS) is 1. The second-order valence-electron chi connectivity index (χ2n) is 5.02. The van der Waals surface area contributed by atoms with Gasteiger partial charge in [0, 0.05) is 6.54 Å². The predicted octanol–water partition coefficient (Wildman–Crippen LogP) is 2.56. The average molecular weight is 292 g/mol. The van der Waals surface area contributed by atoms with E-state index in [-0.39, 0.29) is 0 Å². The summed E-state index contributed by atoms with van der Waals surface area (Å²) in [6.07, 6.45) is 4.04.